The van der Waals surface area contributed by atoms with Gasteiger partial charge < -0.3 is 30.3 Å². The molecule has 1 unspecified atom stereocenters. The van der Waals surface area contributed by atoms with Crippen LogP contribution in [-0.2, 0) is 19.1 Å². The van der Waals surface area contributed by atoms with Crippen molar-refractivity contribution in [2.75, 3.05) is 13.1 Å². The van der Waals surface area contributed by atoms with E-state index in [1.807, 2.05) is 0 Å². The van der Waals surface area contributed by atoms with Crippen molar-refractivity contribution >= 4 is 24.1 Å². The summed E-state index contributed by atoms with van der Waals surface area (Å²) in [5, 5.41) is 45.1. The molecule has 0 bridgehead atoms. The molecular weight excluding hydrogens is 584 g/mol. The summed E-state index contributed by atoms with van der Waals surface area (Å²) in [6.45, 7) is 16.6. The van der Waals surface area contributed by atoms with Gasteiger partial charge >= 0.3 is 24.1 Å². The molecule has 0 aromatic heterocycles. The average Bonchev–Trinajstić information content (AvgIpc) is 2.80. The summed E-state index contributed by atoms with van der Waals surface area (Å²) >= 11 is 0. The molecule has 0 radical (unpaired) electrons. The summed E-state index contributed by atoms with van der Waals surface area (Å²) in [6.07, 6.45) is 0.0810. The monoisotopic (exact) mass is 636 g/mol. The maximum Gasteiger partial charge on any atom is 0.407 e. The molecule has 16 heteroatoms. The van der Waals surface area contributed by atoms with Crippen LogP contribution in [0.4, 0.5) is 9.59 Å². The van der Waals surface area contributed by atoms with E-state index in [0.717, 1.165) is 0 Å². The number of carbonyl (C=O) groups is 4. The van der Waals surface area contributed by atoms with E-state index in [0.29, 0.717) is 12.8 Å². The highest BCUT2D eigenvalue weighted by Crippen LogP contribution is 2.24. The van der Waals surface area contributed by atoms with E-state index in [4.69, 9.17) is 19.7 Å². The van der Waals surface area contributed by atoms with Gasteiger partial charge in [-0.05, 0) is 67.2 Å². The Morgan fingerprint density at radius 2 is 0.909 bits per heavy atom. The molecule has 0 fully saturated rings. The van der Waals surface area contributed by atoms with E-state index in [2.05, 4.69) is 10.6 Å². The predicted molar refractivity (Wildman–Crippen MR) is 161 cm³/mol. The third kappa shape index (κ3) is 21.0. The number of aliphatic carboxylic acids is 2. The Morgan fingerprint density at radius 1 is 0.636 bits per heavy atom. The van der Waals surface area contributed by atoms with Gasteiger partial charge in [0.05, 0.1) is 11.8 Å². The molecule has 44 heavy (non-hydrogen) atoms. The molecule has 0 heterocycles. The van der Waals surface area contributed by atoms with Gasteiger partial charge in [-0.3, -0.25) is 29.8 Å². The number of hydrogen-bond donors (Lipinski definition) is 4. The first-order chi connectivity index (χ1) is 19.7. The smallest absolute Gasteiger partial charge is 0.407 e. The molecule has 0 saturated heterocycles. The molecule has 0 aromatic carbocycles. The average molecular weight is 637 g/mol. The largest absolute Gasteiger partial charge is 0.481 e. The quantitative estimate of drug-likeness (QED) is 0.101. The summed E-state index contributed by atoms with van der Waals surface area (Å²) in [5.41, 5.74) is -3.77. The Hall–Kier alpha value is -3.72. The first kappa shape index (κ1) is 42.4. The summed E-state index contributed by atoms with van der Waals surface area (Å²) in [7, 11) is 0. The number of carboxylic acid groups (broad SMARTS) is 2. The van der Waals surface area contributed by atoms with Crippen molar-refractivity contribution in [3.05, 3.63) is 20.2 Å². The minimum atomic E-state index is -1.29. The van der Waals surface area contributed by atoms with Crippen LogP contribution in [0.1, 0.15) is 108 Å². The Labute approximate surface area is 258 Å². The van der Waals surface area contributed by atoms with Crippen molar-refractivity contribution in [1.82, 2.24) is 10.6 Å². The van der Waals surface area contributed by atoms with Crippen LogP contribution in [0.2, 0.25) is 0 Å². The molecule has 0 aliphatic carbocycles. The number of rotatable bonds is 16. The van der Waals surface area contributed by atoms with Gasteiger partial charge in [0.2, 0.25) is 11.1 Å². The Kier molecular flexibility index (Phi) is 17.5. The lowest BCUT2D eigenvalue weighted by Gasteiger charge is -2.21. The highest BCUT2D eigenvalue weighted by atomic mass is 16.6. The fourth-order valence-electron chi connectivity index (χ4n) is 3.69. The number of ether oxygens (including phenoxy) is 2. The Morgan fingerprint density at radius 3 is 1.11 bits per heavy atom. The van der Waals surface area contributed by atoms with Gasteiger partial charge in [-0.2, -0.15) is 0 Å². The van der Waals surface area contributed by atoms with E-state index < -0.39 is 68.1 Å². The highest BCUT2D eigenvalue weighted by molar-refractivity contribution is 5.70. The summed E-state index contributed by atoms with van der Waals surface area (Å²) < 4.78 is 10.1. The van der Waals surface area contributed by atoms with Crippen molar-refractivity contribution in [3.63, 3.8) is 0 Å². The molecule has 2 amide bonds. The second-order valence-corrected chi connectivity index (χ2v) is 13.8. The molecule has 0 aromatic rings. The van der Waals surface area contributed by atoms with Crippen molar-refractivity contribution in [3.8, 4) is 0 Å². The topological polar surface area (TPSA) is 238 Å². The van der Waals surface area contributed by atoms with Gasteiger partial charge in [0, 0.05) is 63.5 Å². The molecule has 0 rings (SSSR count). The van der Waals surface area contributed by atoms with E-state index in [1.165, 1.54) is 27.7 Å². The van der Waals surface area contributed by atoms with Gasteiger partial charge in [-0.1, -0.05) is 0 Å². The molecule has 0 aliphatic heterocycles. The fourth-order valence-corrected chi connectivity index (χ4v) is 3.69. The van der Waals surface area contributed by atoms with Crippen molar-refractivity contribution in [2.24, 2.45) is 11.8 Å². The predicted octanol–water partition coefficient (Wildman–Crippen LogP) is 4.88. The maximum atomic E-state index is 11.4. The van der Waals surface area contributed by atoms with Gasteiger partial charge in [-0.25, -0.2) is 9.59 Å². The first-order valence-electron chi connectivity index (χ1n) is 14.4. The third-order valence-corrected chi connectivity index (χ3v) is 5.97. The molecule has 4 N–H and O–H groups in total. The van der Waals surface area contributed by atoms with E-state index >= 15 is 0 Å². The highest BCUT2D eigenvalue weighted by Gasteiger charge is 2.37. The minimum absolute atomic E-state index is 0.0538. The zero-order valence-corrected chi connectivity index (χ0v) is 27.7. The lowest BCUT2D eigenvalue weighted by molar-refractivity contribution is -0.562. The number of amides is 2. The normalized spacial score (nSPS) is 13.3. The van der Waals surface area contributed by atoms with Crippen LogP contribution < -0.4 is 10.6 Å². The molecule has 16 nitrogen and oxygen atoms in total. The number of hydrogen-bond acceptors (Lipinski definition) is 10. The van der Waals surface area contributed by atoms with Crippen molar-refractivity contribution < 1.29 is 48.7 Å². The molecular formula is C28H52N4O12. The van der Waals surface area contributed by atoms with Crippen molar-refractivity contribution in [1.29, 1.82) is 0 Å². The van der Waals surface area contributed by atoms with Gasteiger partial charge in [0.1, 0.15) is 11.2 Å². The van der Waals surface area contributed by atoms with Crippen LogP contribution in [0, 0.1) is 32.1 Å². The van der Waals surface area contributed by atoms with Crippen LogP contribution in [0.3, 0.4) is 0 Å². The van der Waals surface area contributed by atoms with Crippen LogP contribution in [0.5, 0.6) is 0 Å². The van der Waals surface area contributed by atoms with E-state index in [9.17, 15) is 39.4 Å². The standard InChI is InChI=1S/2C14H26N2O6/c2*1-13(2,3)22-12(19)15-8-6-7-10(11(17)18)9-14(4,5)16(20)21/h2*10H,6-9H2,1-5H3,(H,15,19)(H,17,18)/t10-;/m1./s1. The fraction of sp³-hybridized carbons (Fsp3) is 0.857. The van der Waals surface area contributed by atoms with Gasteiger partial charge in [0.15, 0.2) is 0 Å². The number of nitrogens with zero attached hydrogens (tertiary/aromatic N) is 2. The van der Waals surface area contributed by atoms with Gasteiger partial charge in [-0.15, -0.1) is 0 Å². The summed E-state index contributed by atoms with van der Waals surface area (Å²) in [6, 6.07) is 0. The second-order valence-electron chi connectivity index (χ2n) is 13.8. The second kappa shape index (κ2) is 18.2. The molecule has 2 atom stereocenters. The number of nitro groups is 2. The lowest BCUT2D eigenvalue weighted by atomic mass is 9.88. The summed E-state index contributed by atoms with van der Waals surface area (Å²) in [4.78, 5) is 66.0. The maximum absolute atomic E-state index is 11.4. The van der Waals surface area contributed by atoms with E-state index in [-0.39, 0.29) is 38.8 Å². The number of carboxylic acids is 2. The molecule has 0 aliphatic rings. The minimum Gasteiger partial charge on any atom is -0.481 e. The number of carbonyl (C=O) groups excluding carboxylic acids is 2. The zero-order valence-electron chi connectivity index (χ0n) is 27.7. The van der Waals surface area contributed by atoms with Gasteiger partial charge in [0.25, 0.3) is 0 Å². The molecule has 0 spiro atoms. The van der Waals surface area contributed by atoms with E-state index in [1.54, 1.807) is 41.5 Å². The number of nitrogens with one attached hydrogen (secondary N) is 2. The van der Waals surface area contributed by atoms with Crippen LogP contribution >= 0.6 is 0 Å². The Balaban J connectivity index is 0. The zero-order chi connectivity index (χ0) is 35.1. The first-order valence-corrected chi connectivity index (χ1v) is 14.4. The molecule has 256 valence electrons. The van der Waals surface area contributed by atoms with Crippen LogP contribution in [0.15, 0.2) is 0 Å². The lowest BCUT2D eigenvalue weighted by Crippen LogP contribution is -2.36. The van der Waals surface area contributed by atoms with Crippen LogP contribution in [0.25, 0.3) is 0 Å². The van der Waals surface area contributed by atoms with Crippen molar-refractivity contribution in [2.45, 2.75) is 130 Å². The Bertz CT molecular complexity index is 906. The SMILES string of the molecule is CC(C)(C)OC(=O)NCCCC(CC(C)(C)[N+](=O)[O-])C(=O)O.CC(C)(C)OC(=O)NCCC[C@H](CC(C)(C)[N+](=O)[O-])C(=O)O. The van der Waals surface area contributed by atoms with Crippen LogP contribution in [-0.4, -0.2) is 79.6 Å². The third-order valence-electron chi connectivity index (χ3n) is 5.97. The number of alkyl carbamates (subject to hydrolysis) is 2. The molecule has 0 saturated carbocycles. The summed E-state index contributed by atoms with van der Waals surface area (Å²) in [5.74, 6) is -3.76.